The lowest BCUT2D eigenvalue weighted by atomic mass is 9.89. The van der Waals surface area contributed by atoms with Crippen LogP contribution in [0.5, 0.6) is 5.75 Å². The van der Waals surface area contributed by atoms with Crippen LogP contribution in [0.3, 0.4) is 0 Å². The summed E-state index contributed by atoms with van der Waals surface area (Å²) in [4.78, 5) is 32.3. The number of urea groups is 1. The van der Waals surface area contributed by atoms with E-state index in [4.69, 9.17) is 30.7 Å². The van der Waals surface area contributed by atoms with Crippen molar-refractivity contribution in [2.45, 2.75) is 18.6 Å². The minimum atomic E-state index is -3.67. The largest absolute Gasteiger partial charge is 0.497 e. The number of hydrogen-bond donors (Lipinski definition) is 8. The fourth-order valence-electron chi connectivity index (χ4n) is 2.58. The lowest BCUT2D eigenvalue weighted by molar-refractivity contribution is -0.134. The predicted octanol–water partition coefficient (Wildman–Crippen LogP) is -0.612. The number of carboxylic acid groups (broad SMARTS) is 1. The van der Waals surface area contributed by atoms with E-state index >= 15 is 0 Å². The van der Waals surface area contributed by atoms with Gasteiger partial charge >= 0.3 is 12.1 Å². The van der Waals surface area contributed by atoms with Crippen molar-refractivity contribution in [3.63, 3.8) is 0 Å². The summed E-state index contributed by atoms with van der Waals surface area (Å²) in [7, 11) is -0.667. The monoisotopic (exact) mass is 532 g/mol. The van der Waals surface area contributed by atoms with E-state index < -0.39 is 33.8 Å². The summed E-state index contributed by atoms with van der Waals surface area (Å²) < 4.78 is 36.0. The molecule has 36 heavy (non-hydrogen) atoms. The van der Waals surface area contributed by atoms with Crippen molar-refractivity contribution < 1.29 is 41.9 Å². The Morgan fingerprint density at radius 3 is 2.33 bits per heavy atom. The standard InChI is InChI=1S/C10H15N3O4.C9H13N3O2.CH4O3S/c1-17-10(8(11)14)4-2-3-7(5-10)6-12-13-9(15)16;1-14-8-4-2-3-7(5-8)6-11-9(13)12-10;1-5(2,3)4/h2-4,12-13H,5-6H2,1H3,(H2,11,14)(H,15,16);2-5H,6,10H2,1H3,(H2,11,12,13);1H3,(H,2,3,4). The molecule has 15 nitrogen and oxygen atoms in total. The highest BCUT2D eigenvalue weighted by molar-refractivity contribution is 7.85. The molecule has 1 aliphatic rings. The number of benzene rings is 1. The average molecular weight is 533 g/mol. The van der Waals surface area contributed by atoms with Crippen LogP contribution in [0.25, 0.3) is 0 Å². The van der Waals surface area contributed by atoms with E-state index in [1.807, 2.05) is 35.1 Å². The second kappa shape index (κ2) is 16.1. The molecule has 0 radical (unpaired) electrons. The third kappa shape index (κ3) is 14.5. The van der Waals surface area contributed by atoms with Crippen LogP contribution in [0, 0.1) is 0 Å². The van der Waals surface area contributed by atoms with Crippen LogP contribution in [-0.4, -0.2) is 68.7 Å². The van der Waals surface area contributed by atoms with Gasteiger partial charge in [-0.25, -0.2) is 20.9 Å². The van der Waals surface area contributed by atoms with Crippen molar-refractivity contribution in [3.05, 3.63) is 53.6 Å². The fourth-order valence-corrected chi connectivity index (χ4v) is 2.58. The second-order valence-electron chi connectivity index (χ2n) is 7.01. The van der Waals surface area contributed by atoms with Crippen LogP contribution in [0.4, 0.5) is 9.59 Å². The Balaban J connectivity index is 0.000000581. The number of carbonyl (C=O) groups is 3. The topological polar surface area (TPSA) is 244 Å². The molecule has 1 atom stereocenters. The minimum Gasteiger partial charge on any atom is -0.497 e. The van der Waals surface area contributed by atoms with Gasteiger partial charge in [0.25, 0.3) is 16.0 Å². The summed E-state index contributed by atoms with van der Waals surface area (Å²) in [6.07, 6.45) is 4.86. The first-order valence-corrected chi connectivity index (χ1v) is 11.8. The first kappa shape index (κ1) is 32.3. The van der Waals surface area contributed by atoms with Gasteiger partial charge in [0.05, 0.1) is 13.4 Å². The van der Waals surface area contributed by atoms with E-state index in [1.165, 1.54) is 7.11 Å². The van der Waals surface area contributed by atoms with E-state index in [2.05, 4.69) is 10.7 Å². The number of methoxy groups -OCH3 is 2. The first-order chi connectivity index (χ1) is 16.8. The van der Waals surface area contributed by atoms with Gasteiger partial charge in [-0.3, -0.25) is 20.2 Å². The fraction of sp³-hybridized carbons (Fsp3) is 0.350. The van der Waals surface area contributed by atoms with E-state index in [1.54, 1.807) is 25.3 Å². The number of amides is 4. The van der Waals surface area contributed by atoms with Gasteiger partial charge < -0.3 is 25.6 Å². The number of primary amides is 1. The Morgan fingerprint density at radius 2 is 1.83 bits per heavy atom. The normalized spacial score (nSPS) is 16.1. The van der Waals surface area contributed by atoms with Gasteiger partial charge in [0.15, 0.2) is 5.60 Å². The summed E-state index contributed by atoms with van der Waals surface area (Å²) in [5, 5.41) is 10.9. The number of ether oxygens (including phenoxy) is 2. The molecule has 0 heterocycles. The van der Waals surface area contributed by atoms with Crippen molar-refractivity contribution in [1.82, 2.24) is 21.6 Å². The highest BCUT2D eigenvalue weighted by Crippen LogP contribution is 2.25. The molecule has 0 bridgehead atoms. The molecule has 1 aromatic carbocycles. The average Bonchev–Trinajstić information content (AvgIpc) is 2.81. The summed E-state index contributed by atoms with van der Waals surface area (Å²) >= 11 is 0. The smallest absolute Gasteiger partial charge is 0.419 e. The zero-order valence-electron chi connectivity index (χ0n) is 20.0. The number of nitrogens with two attached hydrogens (primary N) is 2. The van der Waals surface area contributed by atoms with E-state index in [0.29, 0.717) is 19.2 Å². The van der Waals surface area contributed by atoms with Gasteiger partial charge in [-0.2, -0.15) is 8.42 Å². The van der Waals surface area contributed by atoms with Crippen LogP contribution >= 0.6 is 0 Å². The molecule has 4 amide bonds. The molecule has 0 saturated carbocycles. The van der Waals surface area contributed by atoms with Crippen molar-refractivity contribution in [2.24, 2.45) is 11.6 Å². The van der Waals surface area contributed by atoms with Crippen LogP contribution < -0.4 is 37.9 Å². The lowest BCUT2D eigenvalue weighted by Gasteiger charge is -2.29. The maximum Gasteiger partial charge on any atom is 0.419 e. The van der Waals surface area contributed by atoms with Gasteiger partial charge in [0, 0.05) is 26.6 Å². The predicted molar refractivity (Wildman–Crippen MR) is 130 cm³/mol. The zero-order chi connectivity index (χ0) is 27.8. The minimum absolute atomic E-state index is 0.273. The van der Waals surface area contributed by atoms with Gasteiger partial charge in [-0.1, -0.05) is 29.9 Å². The molecule has 0 spiro atoms. The van der Waals surface area contributed by atoms with E-state index in [-0.39, 0.29) is 6.54 Å². The number of nitrogens with one attached hydrogen (secondary N) is 4. The molecular weight excluding hydrogens is 500 g/mol. The molecule has 0 aromatic heterocycles. The van der Waals surface area contributed by atoms with Crippen molar-refractivity contribution in [3.8, 4) is 5.75 Å². The highest BCUT2D eigenvalue weighted by atomic mass is 32.2. The van der Waals surface area contributed by atoms with Crippen molar-refractivity contribution >= 4 is 28.1 Å². The number of carbonyl (C=O) groups excluding carboxylic acids is 2. The Hall–Kier alpha value is -3.70. The maximum absolute atomic E-state index is 11.3. The van der Waals surface area contributed by atoms with Gasteiger partial charge in [-0.15, -0.1) is 0 Å². The quantitative estimate of drug-likeness (QED) is 0.0907. The molecule has 16 heteroatoms. The summed E-state index contributed by atoms with van der Waals surface area (Å²) in [6.45, 7) is 0.690. The summed E-state index contributed by atoms with van der Waals surface area (Å²) in [6, 6.07) is 7.02. The summed E-state index contributed by atoms with van der Waals surface area (Å²) in [5.74, 6) is 5.09. The maximum atomic E-state index is 11.3. The van der Waals surface area contributed by atoms with Crippen LogP contribution in [-0.2, 0) is 26.2 Å². The van der Waals surface area contributed by atoms with Gasteiger partial charge in [0.1, 0.15) is 5.75 Å². The lowest BCUT2D eigenvalue weighted by Crippen LogP contribution is -2.46. The molecule has 202 valence electrons. The Kier molecular flexibility index (Phi) is 14.4. The number of rotatable bonds is 8. The molecule has 0 fully saturated rings. The molecule has 2 rings (SSSR count). The number of hydrogen-bond acceptors (Lipinski definition) is 9. The van der Waals surface area contributed by atoms with Gasteiger partial charge in [-0.05, 0) is 23.8 Å². The number of allylic oxidation sites excluding steroid dienone is 2. The Morgan fingerprint density at radius 1 is 1.19 bits per heavy atom. The van der Waals surface area contributed by atoms with Crippen LogP contribution in [0.15, 0.2) is 48.1 Å². The zero-order valence-corrected chi connectivity index (χ0v) is 20.8. The number of hydrazine groups is 2. The highest BCUT2D eigenvalue weighted by Gasteiger charge is 2.35. The molecule has 1 aliphatic carbocycles. The third-order valence-electron chi connectivity index (χ3n) is 4.20. The van der Waals surface area contributed by atoms with Crippen LogP contribution in [0.2, 0.25) is 0 Å². The van der Waals surface area contributed by atoms with Gasteiger partial charge in [0.2, 0.25) is 0 Å². The van der Waals surface area contributed by atoms with E-state index in [9.17, 15) is 22.8 Å². The Bertz CT molecular complexity index is 1040. The molecule has 0 aliphatic heterocycles. The third-order valence-corrected chi connectivity index (χ3v) is 4.20. The second-order valence-corrected chi connectivity index (χ2v) is 8.48. The molecular formula is C20H32N6O9S. The molecule has 1 aromatic rings. The SMILES string of the molecule is COC1(C(N)=O)C=CC=C(CNNC(=O)O)C1.COc1cccc(CNC(=O)NN)c1.CS(=O)(=O)O. The summed E-state index contributed by atoms with van der Waals surface area (Å²) in [5.41, 5.74) is 12.4. The molecule has 1 unspecified atom stereocenters. The van der Waals surface area contributed by atoms with E-state index in [0.717, 1.165) is 16.9 Å². The Labute approximate surface area is 208 Å². The van der Waals surface area contributed by atoms with Crippen molar-refractivity contribution in [2.75, 3.05) is 27.0 Å². The van der Waals surface area contributed by atoms with Crippen LogP contribution in [0.1, 0.15) is 12.0 Å². The molecule has 0 saturated heterocycles. The van der Waals surface area contributed by atoms with Crippen molar-refractivity contribution in [1.29, 1.82) is 0 Å². The first-order valence-electron chi connectivity index (χ1n) is 10.00. The molecule has 10 N–H and O–H groups in total.